The number of aryl methyl sites for hydroxylation is 2. The summed E-state index contributed by atoms with van der Waals surface area (Å²) < 4.78 is 10.3. The molecule has 0 amide bonds. The first-order valence-corrected chi connectivity index (χ1v) is 6.03. The summed E-state index contributed by atoms with van der Waals surface area (Å²) >= 11 is 0. The van der Waals surface area contributed by atoms with Gasteiger partial charge < -0.3 is 19.7 Å². The lowest BCUT2D eigenvalue weighted by molar-refractivity contribution is -0.0617. The molecule has 1 aliphatic heterocycles. The molecule has 2 rings (SSSR count). The van der Waals surface area contributed by atoms with Crippen molar-refractivity contribution in [3.05, 3.63) is 17.0 Å². The largest absolute Gasteiger partial charge is 0.388 e. The quantitative estimate of drug-likeness (QED) is 0.819. The predicted octanol–water partition coefficient (Wildman–Crippen LogP) is 0.923. The van der Waals surface area contributed by atoms with Gasteiger partial charge in [0.05, 0.1) is 11.3 Å². The third-order valence-corrected chi connectivity index (χ3v) is 3.36. The first-order valence-electron chi connectivity index (χ1n) is 6.03. The molecule has 0 radical (unpaired) electrons. The molecule has 0 bridgehead atoms. The number of aromatic nitrogens is 1. The van der Waals surface area contributed by atoms with Gasteiger partial charge in [-0.3, -0.25) is 0 Å². The van der Waals surface area contributed by atoms with E-state index in [1.807, 2.05) is 13.8 Å². The van der Waals surface area contributed by atoms with Gasteiger partial charge in [-0.25, -0.2) is 0 Å². The molecule has 0 aromatic carbocycles. The maximum Gasteiger partial charge on any atom is 0.138 e. The van der Waals surface area contributed by atoms with E-state index < -0.39 is 5.60 Å². The van der Waals surface area contributed by atoms with E-state index in [1.54, 1.807) is 0 Å². The van der Waals surface area contributed by atoms with Crippen LogP contribution in [-0.2, 0) is 11.3 Å². The summed E-state index contributed by atoms with van der Waals surface area (Å²) in [5.74, 6) is 0.842. The van der Waals surface area contributed by atoms with E-state index in [2.05, 4.69) is 10.5 Å². The van der Waals surface area contributed by atoms with Crippen LogP contribution in [0.2, 0.25) is 0 Å². The number of hydrogen-bond acceptors (Lipinski definition) is 5. The molecule has 1 aliphatic rings. The smallest absolute Gasteiger partial charge is 0.138 e. The monoisotopic (exact) mass is 240 g/mol. The van der Waals surface area contributed by atoms with Crippen LogP contribution >= 0.6 is 0 Å². The third-order valence-electron chi connectivity index (χ3n) is 3.36. The summed E-state index contributed by atoms with van der Waals surface area (Å²) in [6, 6.07) is 0. The Labute approximate surface area is 101 Å². The van der Waals surface area contributed by atoms with Crippen LogP contribution in [0.4, 0.5) is 0 Å². The number of ether oxygens (including phenoxy) is 1. The van der Waals surface area contributed by atoms with Gasteiger partial charge in [-0.05, 0) is 13.8 Å². The van der Waals surface area contributed by atoms with E-state index in [9.17, 15) is 5.11 Å². The van der Waals surface area contributed by atoms with Crippen molar-refractivity contribution in [2.75, 3.05) is 19.8 Å². The lowest BCUT2D eigenvalue weighted by Crippen LogP contribution is -2.44. The van der Waals surface area contributed by atoms with Crippen molar-refractivity contribution < 1.29 is 14.4 Å². The first kappa shape index (κ1) is 12.5. The highest BCUT2D eigenvalue weighted by Crippen LogP contribution is 2.19. The fourth-order valence-electron chi connectivity index (χ4n) is 2.10. The second-order valence-corrected chi connectivity index (χ2v) is 4.74. The zero-order valence-corrected chi connectivity index (χ0v) is 10.5. The molecule has 96 valence electrons. The summed E-state index contributed by atoms with van der Waals surface area (Å²) in [4.78, 5) is 0. The fourth-order valence-corrected chi connectivity index (χ4v) is 2.10. The van der Waals surface area contributed by atoms with Crippen LogP contribution in [0.15, 0.2) is 4.52 Å². The van der Waals surface area contributed by atoms with Gasteiger partial charge in [0, 0.05) is 44.7 Å². The van der Waals surface area contributed by atoms with Crippen LogP contribution < -0.4 is 5.32 Å². The molecule has 0 aliphatic carbocycles. The molecular weight excluding hydrogens is 220 g/mol. The Morgan fingerprint density at radius 3 is 2.65 bits per heavy atom. The van der Waals surface area contributed by atoms with Crippen molar-refractivity contribution >= 4 is 0 Å². The number of nitrogens with zero attached hydrogens (tertiary/aromatic N) is 1. The Morgan fingerprint density at radius 1 is 1.35 bits per heavy atom. The van der Waals surface area contributed by atoms with Crippen molar-refractivity contribution in [2.24, 2.45) is 0 Å². The molecule has 0 saturated carbocycles. The molecule has 0 unspecified atom stereocenters. The Bertz CT molecular complexity index is 350. The van der Waals surface area contributed by atoms with Gasteiger partial charge in [-0.2, -0.15) is 0 Å². The molecule has 5 heteroatoms. The van der Waals surface area contributed by atoms with Crippen molar-refractivity contribution in [2.45, 2.75) is 38.8 Å². The van der Waals surface area contributed by atoms with Crippen molar-refractivity contribution in [3.8, 4) is 0 Å². The van der Waals surface area contributed by atoms with Crippen molar-refractivity contribution in [1.82, 2.24) is 10.5 Å². The first-order chi connectivity index (χ1) is 8.11. The molecule has 0 spiro atoms. The van der Waals surface area contributed by atoms with E-state index in [1.165, 1.54) is 0 Å². The minimum absolute atomic E-state index is 0.584. The average molecular weight is 240 g/mol. The second kappa shape index (κ2) is 5.16. The highest BCUT2D eigenvalue weighted by atomic mass is 16.5. The van der Waals surface area contributed by atoms with E-state index in [-0.39, 0.29) is 0 Å². The van der Waals surface area contributed by atoms with Crippen LogP contribution in [0.25, 0.3) is 0 Å². The maximum absolute atomic E-state index is 10.3. The highest BCUT2D eigenvalue weighted by molar-refractivity contribution is 5.20. The van der Waals surface area contributed by atoms with Gasteiger partial charge in [-0.15, -0.1) is 0 Å². The molecule has 0 atom stereocenters. The fraction of sp³-hybridized carbons (Fsp3) is 0.750. The Hall–Kier alpha value is -0.910. The topological polar surface area (TPSA) is 67.5 Å². The summed E-state index contributed by atoms with van der Waals surface area (Å²) in [6.07, 6.45) is 1.39. The molecule has 2 N–H and O–H groups in total. The Kier molecular flexibility index (Phi) is 3.81. The average Bonchev–Trinajstić information content (AvgIpc) is 2.61. The Morgan fingerprint density at radius 2 is 2.06 bits per heavy atom. The normalized spacial score (nSPS) is 19.5. The zero-order valence-electron chi connectivity index (χ0n) is 10.5. The molecule has 17 heavy (non-hydrogen) atoms. The molecule has 5 nitrogen and oxygen atoms in total. The van der Waals surface area contributed by atoms with Crippen LogP contribution in [0.3, 0.4) is 0 Å². The van der Waals surface area contributed by atoms with Crippen molar-refractivity contribution in [1.29, 1.82) is 0 Å². The standard InChI is InChI=1S/C12H20N2O3/c1-9-11(10(2)17-14-9)7-13-8-12(15)3-5-16-6-4-12/h13,15H,3-8H2,1-2H3. The summed E-state index contributed by atoms with van der Waals surface area (Å²) in [5, 5.41) is 17.4. The second-order valence-electron chi connectivity index (χ2n) is 4.74. The van der Waals surface area contributed by atoms with E-state index in [0.717, 1.165) is 17.0 Å². The van der Waals surface area contributed by atoms with Gasteiger partial charge in [0.1, 0.15) is 5.76 Å². The predicted molar refractivity (Wildman–Crippen MR) is 62.7 cm³/mol. The van der Waals surface area contributed by atoms with E-state index in [0.29, 0.717) is 39.1 Å². The van der Waals surface area contributed by atoms with Crippen LogP contribution in [-0.4, -0.2) is 35.6 Å². The molecule has 2 heterocycles. The van der Waals surface area contributed by atoms with E-state index in [4.69, 9.17) is 9.26 Å². The zero-order chi connectivity index (χ0) is 12.3. The van der Waals surface area contributed by atoms with E-state index >= 15 is 0 Å². The number of nitrogens with one attached hydrogen (secondary N) is 1. The number of hydrogen-bond donors (Lipinski definition) is 2. The Balaban J connectivity index is 1.83. The van der Waals surface area contributed by atoms with Crippen LogP contribution in [0.5, 0.6) is 0 Å². The maximum atomic E-state index is 10.3. The van der Waals surface area contributed by atoms with Gasteiger partial charge in [0.2, 0.25) is 0 Å². The molecule has 1 aromatic heterocycles. The van der Waals surface area contributed by atoms with Crippen LogP contribution in [0.1, 0.15) is 29.9 Å². The number of rotatable bonds is 4. The molecule has 1 aromatic rings. The summed E-state index contributed by atoms with van der Waals surface area (Å²) in [6.45, 7) is 6.38. The van der Waals surface area contributed by atoms with Gasteiger partial charge in [0.25, 0.3) is 0 Å². The molecule has 1 fully saturated rings. The lowest BCUT2D eigenvalue weighted by atomic mass is 9.94. The van der Waals surface area contributed by atoms with Gasteiger partial charge >= 0.3 is 0 Å². The SMILES string of the molecule is Cc1noc(C)c1CNCC1(O)CCOCC1. The summed E-state index contributed by atoms with van der Waals surface area (Å²) in [5.41, 5.74) is 1.37. The minimum Gasteiger partial charge on any atom is -0.388 e. The number of aliphatic hydroxyl groups is 1. The third kappa shape index (κ3) is 3.06. The molecular formula is C12H20N2O3. The summed E-state index contributed by atoms with van der Waals surface area (Å²) in [7, 11) is 0. The molecule has 1 saturated heterocycles. The van der Waals surface area contributed by atoms with Crippen LogP contribution in [0, 0.1) is 13.8 Å². The van der Waals surface area contributed by atoms with Gasteiger partial charge in [-0.1, -0.05) is 5.16 Å². The minimum atomic E-state index is -0.628. The highest BCUT2D eigenvalue weighted by Gasteiger charge is 2.29. The lowest BCUT2D eigenvalue weighted by Gasteiger charge is -2.32. The van der Waals surface area contributed by atoms with Crippen molar-refractivity contribution in [3.63, 3.8) is 0 Å². The van der Waals surface area contributed by atoms with Gasteiger partial charge in [0.15, 0.2) is 0 Å².